The van der Waals surface area contributed by atoms with E-state index in [2.05, 4.69) is 24.3 Å². The van der Waals surface area contributed by atoms with Crippen LogP contribution in [-0.2, 0) is 19.4 Å². The SMILES string of the molecule is NCc1cccc(-c2nc3c(s2)CCCC3)c1. The summed E-state index contributed by atoms with van der Waals surface area (Å²) in [6.07, 6.45) is 4.97. The van der Waals surface area contributed by atoms with Gasteiger partial charge in [0.05, 0.1) is 5.69 Å². The molecule has 2 nitrogen and oxygen atoms in total. The van der Waals surface area contributed by atoms with Crippen LogP contribution >= 0.6 is 11.3 Å². The molecule has 2 aromatic rings. The number of hydrogen-bond donors (Lipinski definition) is 1. The maximum atomic E-state index is 5.68. The molecule has 0 amide bonds. The second-order valence-electron chi connectivity index (χ2n) is 4.50. The van der Waals surface area contributed by atoms with Gasteiger partial charge in [-0.05, 0) is 37.3 Å². The lowest BCUT2D eigenvalue weighted by atomic mass is 10.0. The molecule has 1 aliphatic carbocycles. The summed E-state index contributed by atoms with van der Waals surface area (Å²) in [5, 5.41) is 1.16. The average molecular weight is 244 g/mol. The first-order valence-electron chi connectivity index (χ1n) is 6.15. The summed E-state index contributed by atoms with van der Waals surface area (Å²) in [7, 11) is 0. The number of rotatable bonds is 2. The van der Waals surface area contributed by atoms with Crippen LogP contribution in [-0.4, -0.2) is 4.98 Å². The summed E-state index contributed by atoms with van der Waals surface area (Å²) in [6, 6.07) is 8.42. The van der Waals surface area contributed by atoms with Crippen LogP contribution < -0.4 is 5.73 Å². The monoisotopic (exact) mass is 244 g/mol. The first-order valence-corrected chi connectivity index (χ1v) is 6.96. The molecule has 1 heterocycles. The highest BCUT2D eigenvalue weighted by molar-refractivity contribution is 7.15. The van der Waals surface area contributed by atoms with Crippen molar-refractivity contribution in [3.05, 3.63) is 40.4 Å². The molecule has 0 atom stereocenters. The van der Waals surface area contributed by atoms with Crippen LogP contribution in [0.15, 0.2) is 24.3 Å². The molecular formula is C14H16N2S. The van der Waals surface area contributed by atoms with E-state index in [1.165, 1.54) is 41.0 Å². The van der Waals surface area contributed by atoms with Crippen molar-refractivity contribution >= 4 is 11.3 Å². The summed E-state index contributed by atoms with van der Waals surface area (Å²) < 4.78 is 0. The Hall–Kier alpha value is -1.19. The van der Waals surface area contributed by atoms with Crippen LogP contribution in [0.5, 0.6) is 0 Å². The summed E-state index contributed by atoms with van der Waals surface area (Å²) in [5.74, 6) is 0. The topological polar surface area (TPSA) is 38.9 Å². The van der Waals surface area contributed by atoms with E-state index in [0.29, 0.717) is 6.54 Å². The standard InChI is InChI=1S/C14H16N2S/c15-9-10-4-3-5-11(8-10)14-16-12-6-1-2-7-13(12)17-14/h3-5,8H,1-2,6-7,9,15H2. The second-order valence-corrected chi connectivity index (χ2v) is 5.58. The largest absolute Gasteiger partial charge is 0.326 e. The highest BCUT2D eigenvalue weighted by atomic mass is 32.1. The Morgan fingerprint density at radius 3 is 2.94 bits per heavy atom. The highest BCUT2D eigenvalue weighted by Crippen LogP contribution is 2.32. The predicted molar refractivity (Wildman–Crippen MR) is 72.1 cm³/mol. The molecule has 88 valence electrons. The van der Waals surface area contributed by atoms with Crippen LogP contribution in [0, 0.1) is 0 Å². The van der Waals surface area contributed by atoms with E-state index in [4.69, 9.17) is 10.7 Å². The number of aromatic nitrogens is 1. The third-order valence-corrected chi connectivity index (χ3v) is 4.46. The zero-order chi connectivity index (χ0) is 11.7. The van der Waals surface area contributed by atoms with E-state index in [9.17, 15) is 0 Å². The molecule has 1 aromatic heterocycles. The lowest BCUT2D eigenvalue weighted by Crippen LogP contribution is -1.99. The number of nitrogens with two attached hydrogens (primary N) is 1. The van der Waals surface area contributed by atoms with Crippen molar-refractivity contribution in [1.29, 1.82) is 0 Å². The van der Waals surface area contributed by atoms with E-state index in [-0.39, 0.29) is 0 Å². The Morgan fingerprint density at radius 1 is 1.24 bits per heavy atom. The van der Waals surface area contributed by atoms with Crippen LogP contribution in [0.1, 0.15) is 29.0 Å². The molecule has 1 aliphatic rings. The molecule has 0 radical (unpaired) electrons. The molecule has 0 fully saturated rings. The van der Waals surface area contributed by atoms with Crippen molar-refractivity contribution < 1.29 is 0 Å². The lowest BCUT2D eigenvalue weighted by molar-refractivity contribution is 0.682. The molecule has 0 aliphatic heterocycles. The fourth-order valence-electron chi connectivity index (χ4n) is 2.31. The molecule has 17 heavy (non-hydrogen) atoms. The zero-order valence-electron chi connectivity index (χ0n) is 9.78. The normalized spacial score (nSPS) is 14.6. The van der Waals surface area contributed by atoms with E-state index in [1.807, 2.05) is 11.3 Å². The average Bonchev–Trinajstić information content (AvgIpc) is 2.82. The third-order valence-electron chi connectivity index (χ3n) is 3.26. The minimum Gasteiger partial charge on any atom is -0.326 e. The third kappa shape index (κ3) is 2.13. The number of benzene rings is 1. The molecule has 3 rings (SSSR count). The molecule has 0 bridgehead atoms. The number of thiazole rings is 1. The molecule has 0 saturated carbocycles. The molecular weight excluding hydrogens is 228 g/mol. The van der Waals surface area contributed by atoms with E-state index in [1.54, 1.807) is 0 Å². The maximum Gasteiger partial charge on any atom is 0.123 e. The van der Waals surface area contributed by atoms with Crippen molar-refractivity contribution in [2.45, 2.75) is 32.2 Å². The lowest BCUT2D eigenvalue weighted by Gasteiger charge is -2.06. The number of fused-ring (bicyclic) bond motifs is 1. The van der Waals surface area contributed by atoms with Crippen LogP contribution in [0.25, 0.3) is 10.6 Å². The summed E-state index contributed by atoms with van der Waals surface area (Å²) >= 11 is 1.86. The molecule has 3 heteroatoms. The summed E-state index contributed by atoms with van der Waals surface area (Å²) in [5.41, 5.74) is 9.40. The highest BCUT2D eigenvalue weighted by Gasteiger charge is 2.15. The van der Waals surface area contributed by atoms with Gasteiger partial charge in [-0.25, -0.2) is 4.98 Å². The van der Waals surface area contributed by atoms with Gasteiger partial charge >= 0.3 is 0 Å². The van der Waals surface area contributed by atoms with Crippen molar-refractivity contribution in [2.75, 3.05) is 0 Å². The van der Waals surface area contributed by atoms with Gasteiger partial charge in [-0.2, -0.15) is 0 Å². The predicted octanol–water partition coefficient (Wildman–Crippen LogP) is 3.15. The Kier molecular flexibility index (Phi) is 2.95. The fraction of sp³-hybridized carbons (Fsp3) is 0.357. The first-order chi connectivity index (χ1) is 8.36. The Balaban J connectivity index is 2.00. The van der Waals surface area contributed by atoms with Crippen LogP contribution in [0.3, 0.4) is 0 Å². The van der Waals surface area contributed by atoms with Gasteiger partial charge in [0, 0.05) is 17.0 Å². The second kappa shape index (κ2) is 4.59. The Morgan fingerprint density at radius 2 is 2.12 bits per heavy atom. The van der Waals surface area contributed by atoms with Crippen molar-refractivity contribution in [1.82, 2.24) is 4.98 Å². The van der Waals surface area contributed by atoms with Gasteiger partial charge in [-0.1, -0.05) is 18.2 Å². The van der Waals surface area contributed by atoms with Gasteiger partial charge in [0.1, 0.15) is 5.01 Å². The van der Waals surface area contributed by atoms with Crippen LogP contribution in [0.2, 0.25) is 0 Å². The van der Waals surface area contributed by atoms with Crippen molar-refractivity contribution in [3.8, 4) is 10.6 Å². The summed E-state index contributed by atoms with van der Waals surface area (Å²) in [4.78, 5) is 6.26. The van der Waals surface area contributed by atoms with E-state index >= 15 is 0 Å². The first kappa shape index (κ1) is 10.9. The fourth-order valence-corrected chi connectivity index (χ4v) is 3.45. The van der Waals surface area contributed by atoms with Gasteiger partial charge in [0.25, 0.3) is 0 Å². The Bertz CT molecular complexity index is 507. The number of aryl methyl sites for hydroxylation is 2. The number of nitrogens with zero attached hydrogens (tertiary/aromatic N) is 1. The Labute approximate surface area is 106 Å². The summed E-state index contributed by atoms with van der Waals surface area (Å²) in [6.45, 7) is 0.596. The smallest absolute Gasteiger partial charge is 0.123 e. The van der Waals surface area contributed by atoms with Gasteiger partial charge in [-0.15, -0.1) is 11.3 Å². The van der Waals surface area contributed by atoms with Crippen LogP contribution in [0.4, 0.5) is 0 Å². The quantitative estimate of drug-likeness (QED) is 0.881. The molecule has 1 aromatic carbocycles. The van der Waals surface area contributed by atoms with E-state index in [0.717, 1.165) is 11.4 Å². The molecule has 0 spiro atoms. The zero-order valence-corrected chi connectivity index (χ0v) is 10.6. The number of hydrogen-bond acceptors (Lipinski definition) is 3. The van der Waals surface area contributed by atoms with E-state index < -0.39 is 0 Å². The van der Waals surface area contributed by atoms with Gasteiger partial charge in [0.2, 0.25) is 0 Å². The minimum absolute atomic E-state index is 0.596. The van der Waals surface area contributed by atoms with Gasteiger partial charge in [-0.3, -0.25) is 0 Å². The minimum atomic E-state index is 0.596. The van der Waals surface area contributed by atoms with Crippen molar-refractivity contribution in [2.24, 2.45) is 5.73 Å². The molecule has 2 N–H and O–H groups in total. The van der Waals surface area contributed by atoms with Gasteiger partial charge in [0.15, 0.2) is 0 Å². The molecule has 0 unspecified atom stereocenters. The maximum absolute atomic E-state index is 5.68. The van der Waals surface area contributed by atoms with Crippen molar-refractivity contribution in [3.63, 3.8) is 0 Å². The van der Waals surface area contributed by atoms with Gasteiger partial charge < -0.3 is 5.73 Å². The molecule has 0 saturated heterocycles.